The largest absolute Gasteiger partial charge is 0.507 e. The molecule has 0 spiro atoms. The van der Waals surface area contributed by atoms with Crippen LogP contribution in [0.25, 0.3) is 21.9 Å². The Labute approximate surface area is 125 Å². The highest BCUT2D eigenvalue weighted by molar-refractivity contribution is 5.95. The van der Waals surface area contributed by atoms with Crippen LogP contribution >= 0.6 is 0 Å². The van der Waals surface area contributed by atoms with E-state index in [9.17, 15) is 15.0 Å². The van der Waals surface area contributed by atoms with Gasteiger partial charge in [-0.2, -0.15) is 0 Å². The summed E-state index contributed by atoms with van der Waals surface area (Å²) in [7, 11) is 1.50. The molecule has 0 atom stereocenters. The summed E-state index contributed by atoms with van der Waals surface area (Å²) in [6, 6.07) is 6.17. The number of hydrogen-bond donors (Lipinski definition) is 2. The number of phenols is 2. The molecule has 5 heteroatoms. The van der Waals surface area contributed by atoms with E-state index < -0.39 is 0 Å². The minimum atomic E-state index is -0.377. The third kappa shape index (κ3) is 1.98. The molecular weight excluding hydrogens is 284 g/mol. The summed E-state index contributed by atoms with van der Waals surface area (Å²) in [5.41, 5.74) is 0.356. The fourth-order valence-electron chi connectivity index (χ4n) is 2.47. The third-order valence-corrected chi connectivity index (χ3v) is 3.57. The van der Waals surface area contributed by atoms with Crippen LogP contribution in [0.1, 0.15) is 5.56 Å². The quantitative estimate of drug-likeness (QED) is 0.573. The summed E-state index contributed by atoms with van der Waals surface area (Å²) < 4.78 is 10.7. The zero-order valence-corrected chi connectivity index (χ0v) is 11.9. The van der Waals surface area contributed by atoms with Crippen LogP contribution in [0, 0.1) is 0 Å². The van der Waals surface area contributed by atoms with Gasteiger partial charge in [0.2, 0.25) is 5.43 Å². The molecule has 0 amide bonds. The van der Waals surface area contributed by atoms with Crippen molar-refractivity contribution in [1.82, 2.24) is 0 Å². The van der Waals surface area contributed by atoms with Gasteiger partial charge in [-0.25, -0.2) is 0 Å². The van der Waals surface area contributed by atoms with Crippen molar-refractivity contribution >= 4 is 21.9 Å². The maximum Gasteiger partial charge on any atom is 0.204 e. The Morgan fingerprint density at radius 2 is 2.05 bits per heavy atom. The Kier molecular flexibility index (Phi) is 3.25. The average molecular weight is 298 g/mol. The predicted octanol–water partition coefficient (Wildman–Crippen LogP) is 3.09. The first-order valence-electron chi connectivity index (χ1n) is 6.66. The number of ether oxygens (including phenoxy) is 1. The van der Waals surface area contributed by atoms with Crippen molar-refractivity contribution in [3.05, 3.63) is 52.7 Å². The van der Waals surface area contributed by atoms with E-state index in [1.165, 1.54) is 19.3 Å². The van der Waals surface area contributed by atoms with Crippen LogP contribution in [0.4, 0.5) is 0 Å². The summed E-state index contributed by atoms with van der Waals surface area (Å²) in [4.78, 5) is 12.7. The number of phenolic OH excluding ortho intramolecular Hbond substituents is 2. The Morgan fingerprint density at radius 3 is 2.73 bits per heavy atom. The lowest BCUT2D eigenvalue weighted by Gasteiger charge is -2.09. The molecule has 0 bridgehead atoms. The van der Waals surface area contributed by atoms with E-state index in [0.29, 0.717) is 16.7 Å². The number of hydrogen-bond acceptors (Lipinski definition) is 5. The minimum absolute atomic E-state index is 0.0374. The molecule has 2 N–H and O–H groups in total. The molecule has 5 nitrogen and oxygen atoms in total. The third-order valence-electron chi connectivity index (χ3n) is 3.57. The molecule has 2 aromatic carbocycles. The van der Waals surface area contributed by atoms with E-state index in [2.05, 4.69) is 6.58 Å². The van der Waals surface area contributed by atoms with Crippen molar-refractivity contribution in [2.24, 2.45) is 0 Å². The van der Waals surface area contributed by atoms with Crippen molar-refractivity contribution in [1.29, 1.82) is 0 Å². The first kappa shape index (κ1) is 14.0. The van der Waals surface area contributed by atoms with Gasteiger partial charge in [0.15, 0.2) is 0 Å². The van der Waals surface area contributed by atoms with Crippen LogP contribution in [0.3, 0.4) is 0 Å². The smallest absolute Gasteiger partial charge is 0.204 e. The van der Waals surface area contributed by atoms with Gasteiger partial charge in [-0.3, -0.25) is 4.79 Å². The summed E-state index contributed by atoms with van der Waals surface area (Å²) in [5.74, 6) is 0.0954. The van der Waals surface area contributed by atoms with Crippen LogP contribution in [-0.4, -0.2) is 17.3 Å². The summed E-state index contributed by atoms with van der Waals surface area (Å²) in [6.45, 7) is 3.57. The van der Waals surface area contributed by atoms with Crippen LogP contribution in [0.5, 0.6) is 17.2 Å². The van der Waals surface area contributed by atoms with Gasteiger partial charge in [0.1, 0.15) is 33.8 Å². The molecule has 1 aromatic heterocycles. The summed E-state index contributed by atoms with van der Waals surface area (Å²) >= 11 is 0. The normalized spacial score (nSPS) is 11.0. The number of fused-ring (bicyclic) bond motifs is 2. The minimum Gasteiger partial charge on any atom is -0.507 e. The van der Waals surface area contributed by atoms with Crippen molar-refractivity contribution in [3.63, 3.8) is 0 Å². The van der Waals surface area contributed by atoms with Crippen molar-refractivity contribution in [2.45, 2.75) is 6.42 Å². The average Bonchev–Trinajstić information content (AvgIpc) is 2.51. The zero-order valence-electron chi connectivity index (χ0n) is 11.9. The maximum atomic E-state index is 12.7. The lowest BCUT2D eigenvalue weighted by atomic mass is 10.0. The van der Waals surface area contributed by atoms with Gasteiger partial charge < -0.3 is 19.4 Å². The van der Waals surface area contributed by atoms with Crippen LogP contribution in [0.15, 0.2) is 46.1 Å². The Morgan fingerprint density at radius 1 is 1.27 bits per heavy atom. The van der Waals surface area contributed by atoms with Gasteiger partial charge in [-0.05, 0) is 24.6 Å². The number of allylic oxidation sites excluding steroid dienone is 1. The number of benzene rings is 2. The predicted molar refractivity (Wildman–Crippen MR) is 83.8 cm³/mol. The molecule has 0 saturated carbocycles. The van der Waals surface area contributed by atoms with Gasteiger partial charge in [-0.15, -0.1) is 6.58 Å². The van der Waals surface area contributed by atoms with Crippen LogP contribution < -0.4 is 10.2 Å². The molecule has 0 aliphatic carbocycles. The zero-order chi connectivity index (χ0) is 15.9. The molecular formula is C17H14O5. The van der Waals surface area contributed by atoms with Crippen LogP contribution in [0.2, 0.25) is 0 Å². The topological polar surface area (TPSA) is 79.9 Å². The molecule has 0 saturated heterocycles. The molecule has 0 aliphatic heterocycles. The molecule has 0 aliphatic rings. The molecule has 22 heavy (non-hydrogen) atoms. The van der Waals surface area contributed by atoms with E-state index in [1.54, 1.807) is 18.2 Å². The molecule has 0 unspecified atom stereocenters. The lowest BCUT2D eigenvalue weighted by Crippen LogP contribution is -2.04. The van der Waals surface area contributed by atoms with E-state index in [1.807, 2.05) is 0 Å². The van der Waals surface area contributed by atoms with Gasteiger partial charge >= 0.3 is 0 Å². The van der Waals surface area contributed by atoms with E-state index in [-0.39, 0.29) is 39.9 Å². The molecule has 1 heterocycles. The van der Waals surface area contributed by atoms with E-state index in [0.717, 1.165) is 0 Å². The maximum absolute atomic E-state index is 12.7. The molecule has 0 fully saturated rings. The van der Waals surface area contributed by atoms with Crippen molar-refractivity contribution < 1.29 is 19.4 Å². The summed E-state index contributed by atoms with van der Waals surface area (Å²) in [6.07, 6.45) is 1.77. The first-order chi connectivity index (χ1) is 10.6. The molecule has 3 rings (SSSR count). The second-order valence-corrected chi connectivity index (χ2v) is 4.88. The fourth-order valence-corrected chi connectivity index (χ4v) is 2.47. The van der Waals surface area contributed by atoms with E-state index >= 15 is 0 Å². The SMILES string of the molecule is C=CCc1c(O)cc2oc3ccc(OC)cc3c(=O)c2c1O. The number of aromatic hydroxyl groups is 2. The lowest BCUT2D eigenvalue weighted by molar-refractivity contribution is 0.415. The highest BCUT2D eigenvalue weighted by Crippen LogP contribution is 2.36. The Balaban J connectivity index is 2.47. The van der Waals surface area contributed by atoms with Gasteiger partial charge in [0.25, 0.3) is 0 Å². The first-order valence-corrected chi connectivity index (χ1v) is 6.66. The fraction of sp³-hybridized carbons (Fsp3) is 0.118. The van der Waals surface area contributed by atoms with Crippen molar-refractivity contribution in [3.8, 4) is 17.2 Å². The van der Waals surface area contributed by atoms with Gasteiger partial charge in [-0.1, -0.05) is 6.08 Å². The number of methoxy groups -OCH3 is 1. The molecule has 0 radical (unpaired) electrons. The Bertz CT molecular complexity index is 953. The Hall–Kier alpha value is -2.95. The monoisotopic (exact) mass is 298 g/mol. The second kappa shape index (κ2) is 5.11. The number of rotatable bonds is 3. The molecule has 112 valence electrons. The second-order valence-electron chi connectivity index (χ2n) is 4.88. The highest BCUT2D eigenvalue weighted by atomic mass is 16.5. The van der Waals surface area contributed by atoms with Gasteiger partial charge in [0, 0.05) is 11.6 Å². The summed E-state index contributed by atoms with van der Waals surface area (Å²) in [5, 5.41) is 20.6. The molecule has 3 aromatic rings. The van der Waals surface area contributed by atoms with Crippen molar-refractivity contribution in [2.75, 3.05) is 7.11 Å². The van der Waals surface area contributed by atoms with Crippen LogP contribution in [-0.2, 0) is 6.42 Å². The van der Waals surface area contributed by atoms with E-state index in [4.69, 9.17) is 9.15 Å². The highest BCUT2D eigenvalue weighted by Gasteiger charge is 2.18. The van der Waals surface area contributed by atoms with Gasteiger partial charge in [0.05, 0.1) is 12.5 Å². The standard InChI is InChI=1S/C17H14O5/c1-3-4-10-12(18)8-14-15(16(10)19)17(20)11-7-9(21-2)5-6-13(11)22-14/h3,5-8,18-19H,1,4H2,2H3.